The Balaban J connectivity index is 2.50. The number of methoxy groups -OCH3 is 1. The molecule has 1 aromatic rings. The van der Waals surface area contributed by atoms with Gasteiger partial charge in [-0.3, -0.25) is 4.79 Å². The normalized spacial score (nSPS) is 10.7. The Morgan fingerprint density at radius 2 is 1.95 bits per heavy atom. The molecule has 0 bridgehead atoms. The monoisotopic (exact) mass is 297 g/mol. The van der Waals surface area contributed by atoms with Crippen LogP contribution in [0.5, 0.6) is 5.75 Å². The molecule has 1 rings (SSSR count). The number of amides is 1. The van der Waals surface area contributed by atoms with Crippen LogP contribution in [0.25, 0.3) is 0 Å². The minimum absolute atomic E-state index is 0.195. The molecule has 3 nitrogen and oxygen atoms in total. The SMILES string of the molecule is COc1ccc(CCC(=O)N(CCCCl)C(C)C)cc1. The first-order valence-electron chi connectivity index (χ1n) is 7.06. The fraction of sp³-hybridized carbons (Fsp3) is 0.562. The molecule has 0 aliphatic carbocycles. The van der Waals surface area contributed by atoms with Gasteiger partial charge in [-0.25, -0.2) is 0 Å². The fourth-order valence-corrected chi connectivity index (χ4v) is 2.21. The zero-order valence-corrected chi connectivity index (χ0v) is 13.3. The summed E-state index contributed by atoms with van der Waals surface area (Å²) in [6.07, 6.45) is 2.13. The van der Waals surface area contributed by atoms with Crippen molar-refractivity contribution in [2.45, 2.75) is 39.2 Å². The summed E-state index contributed by atoms with van der Waals surface area (Å²) in [5.41, 5.74) is 1.15. The quantitative estimate of drug-likeness (QED) is 0.687. The van der Waals surface area contributed by atoms with Crippen molar-refractivity contribution in [1.82, 2.24) is 4.90 Å². The Morgan fingerprint density at radius 3 is 2.45 bits per heavy atom. The average molecular weight is 298 g/mol. The third-order valence-electron chi connectivity index (χ3n) is 3.26. The number of nitrogens with zero attached hydrogens (tertiary/aromatic N) is 1. The molecule has 112 valence electrons. The van der Waals surface area contributed by atoms with Gasteiger partial charge in [0.2, 0.25) is 5.91 Å². The molecule has 1 amide bonds. The molecule has 0 aliphatic rings. The summed E-state index contributed by atoms with van der Waals surface area (Å²) in [6.45, 7) is 4.82. The van der Waals surface area contributed by atoms with Crippen molar-refractivity contribution >= 4 is 17.5 Å². The summed E-state index contributed by atoms with van der Waals surface area (Å²) in [4.78, 5) is 14.2. The lowest BCUT2D eigenvalue weighted by Gasteiger charge is -2.26. The molecule has 0 aromatic heterocycles. The molecule has 0 aliphatic heterocycles. The number of carbonyl (C=O) groups excluding carboxylic acids is 1. The first kappa shape index (κ1) is 16.8. The third-order valence-corrected chi connectivity index (χ3v) is 3.53. The molecule has 0 saturated carbocycles. The Morgan fingerprint density at radius 1 is 1.30 bits per heavy atom. The predicted octanol–water partition coefficient (Wildman–Crippen LogP) is 3.49. The van der Waals surface area contributed by atoms with Gasteiger partial charge in [-0.2, -0.15) is 0 Å². The van der Waals surface area contributed by atoms with Crippen molar-refractivity contribution in [1.29, 1.82) is 0 Å². The minimum atomic E-state index is 0.195. The maximum absolute atomic E-state index is 12.2. The van der Waals surface area contributed by atoms with E-state index in [1.807, 2.05) is 43.0 Å². The molecule has 20 heavy (non-hydrogen) atoms. The van der Waals surface area contributed by atoms with Crippen LogP contribution in [0.1, 0.15) is 32.3 Å². The molecule has 0 unspecified atom stereocenters. The smallest absolute Gasteiger partial charge is 0.223 e. The van der Waals surface area contributed by atoms with Crippen LogP contribution in [0.15, 0.2) is 24.3 Å². The number of carbonyl (C=O) groups is 1. The standard InChI is InChI=1S/C16H24ClNO2/c1-13(2)18(12-4-11-17)16(19)10-7-14-5-8-15(20-3)9-6-14/h5-6,8-9,13H,4,7,10-12H2,1-3H3. The highest BCUT2D eigenvalue weighted by Gasteiger charge is 2.15. The van der Waals surface area contributed by atoms with Crippen LogP contribution in [0, 0.1) is 0 Å². The zero-order chi connectivity index (χ0) is 15.0. The van der Waals surface area contributed by atoms with Gasteiger partial charge in [-0.15, -0.1) is 11.6 Å². The molecular formula is C16H24ClNO2. The lowest BCUT2D eigenvalue weighted by atomic mass is 10.1. The van der Waals surface area contributed by atoms with Gasteiger partial charge in [0.25, 0.3) is 0 Å². The molecule has 0 heterocycles. The summed E-state index contributed by atoms with van der Waals surface area (Å²) in [5.74, 6) is 1.63. The topological polar surface area (TPSA) is 29.5 Å². The number of hydrogen-bond donors (Lipinski definition) is 0. The molecule has 4 heteroatoms. The molecular weight excluding hydrogens is 274 g/mol. The lowest BCUT2D eigenvalue weighted by molar-refractivity contribution is -0.132. The Kier molecular flexibility index (Phi) is 7.45. The fourth-order valence-electron chi connectivity index (χ4n) is 2.09. The summed E-state index contributed by atoms with van der Waals surface area (Å²) in [5, 5.41) is 0. The number of hydrogen-bond acceptors (Lipinski definition) is 2. The summed E-state index contributed by atoms with van der Waals surface area (Å²) in [6, 6.07) is 8.08. The van der Waals surface area contributed by atoms with E-state index >= 15 is 0 Å². The Hall–Kier alpha value is -1.22. The van der Waals surface area contributed by atoms with Gasteiger partial charge in [0.05, 0.1) is 7.11 Å². The van der Waals surface area contributed by atoms with Gasteiger partial charge in [0, 0.05) is 24.9 Å². The second-order valence-corrected chi connectivity index (χ2v) is 5.45. The van der Waals surface area contributed by atoms with Gasteiger partial charge in [0.1, 0.15) is 5.75 Å². The number of ether oxygens (including phenoxy) is 1. The lowest BCUT2D eigenvalue weighted by Crippen LogP contribution is -2.38. The van der Waals surface area contributed by atoms with E-state index < -0.39 is 0 Å². The van der Waals surface area contributed by atoms with Crippen LogP contribution < -0.4 is 4.74 Å². The first-order valence-corrected chi connectivity index (χ1v) is 7.60. The molecule has 0 fully saturated rings. The van der Waals surface area contributed by atoms with E-state index in [0.29, 0.717) is 12.3 Å². The van der Waals surface area contributed by atoms with Gasteiger partial charge in [-0.05, 0) is 44.4 Å². The van der Waals surface area contributed by atoms with E-state index in [0.717, 1.165) is 30.7 Å². The van der Waals surface area contributed by atoms with Crippen molar-refractivity contribution in [3.63, 3.8) is 0 Å². The van der Waals surface area contributed by atoms with Crippen molar-refractivity contribution in [2.24, 2.45) is 0 Å². The number of rotatable bonds is 8. The first-order chi connectivity index (χ1) is 9.58. The van der Waals surface area contributed by atoms with Gasteiger partial charge < -0.3 is 9.64 Å². The van der Waals surface area contributed by atoms with E-state index in [4.69, 9.17) is 16.3 Å². The van der Waals surface area contributed by atoms with Crippen molar-refractivity contribution < 1.29 is 9.53 Å². The number of halogens is 1. The highest BCUT2D eigenvalue weighted by molar-refractivity contribution is 6.17. The zero-order valence-electron chi connectivity index (χ0n) is 12.6. The second-order valence-electron chi connectivity index (χ2n) is 5.07. The number of alkyl halides is 1. The molecule has 0 radical (unpaired) electrons. The van der Waals surface area contributed by atoms with Crippen LogP contribution in [0.2, 0.25) is 0 Å². The van der Waals surface area contributed by atoms with Crippen LogP contribution in [-0.2, 0) is 11.2 Å². The largest absolute Gasteiger partial charge is 0.497 e. The van der Waals surface area contributed by atoms with E-state index in [2.05, 4.69) is 0 Å². The van der Waals surface area contributed by atoms with E-state index in [1.165, 1.54) is 0 Å². The molecule has 0 saturated heterocycles. The summed E-state index contributed by atoms with van der Waals surface area (Å²) in [7, 11) is 1.65. The van der Waals surface area contributed by atoms with Crippen LogP contribution in [0.3, 0.4) is 0 Å². The second kappa shape index (κ2) is 8.85. The highest BCUT2D eigenvalue weighted by Crippen LogP contribution is 2.13. The van der Waals surface area contributed by atoms with Gasteiger partial charge >= 0.3 is 0 Å². The van der Waals surface area contributed by atoms with Crippen molar-refractivity contribution in [3.8, 4) is 5.75 Å². The van der Waals surface area contributed by atoms with E-state index in [1.54, 1.807) is 7.11 Å². The number of aryl methyl sites for hydroxylation is 1. The predicted molar refractivity (Wildman–Crippen MR) is 83.5 cm³/mol. The highest BCUT2D eigenvalue weighted by atomic mass is 35.5. The molecule has 0 atom stereocenters. The Labute approximate surface area is 126 Å². The van der Waals surface area contributed by atoms with Crippen molar-refractivity contribution in [3.05, 3.63) is 29.8 Å². The van der Waals surface area contributed by atoms with E-state index in [9.17, 15) is 4.79 Å². The van der Waals surface area contributed by atoms with Crippen LogP contribution in [0.4, 0.5) is 0 Å². The average Bonchev–Trinajstić information content (AvgIpc) is 2.45. The summed E-state index contributed by atoms with van der Waals surface area (Å²) < 4.78 is 5.12. The maximum atomic E-state index is 12.2. The molecule has 0 N–H and O–H groups in total. The van der Waals surface area contributed by atoms with Gasteiger partial charge in [-0.1, -0.05) is 12.1 Å². The molecule has 1 aromatic carbocycles. The van der Waals surface area contributed by atoms with Crippen molar-refractivity contribution in [2.75, 3.05) is 19.5 Å². The van der Waals surface area contributed by atoms with Crippen LogP contribution >= 0.6 is 11.6 Å². The maximum Gasteiger partial charge on any atom is 0.223 e. The van der Waals surface area contributed by atoms with Gasteiger partial charge in [0.15, 0.2) is 0 Å². The molecule has 0 spiro atoms. The summed E-state index contributed by atoms with van der Waals surface area (Å²) >= 11 is 5.71. The Bertz CT molecular complexity index is 403. The number of benzene rings is 1. The minimum Gasteiger partial charge on any atom is -0.497 e. The van der Waals surface area contributed by atoms with Crippen LogP contribution in [-0.4, -0.2) is 36.4 Å². The van der Waals surface area contributed by atoms with E-state index in [-0.39, 0.29) is 11.9 Å². The third kappa shape index (κ3) is 5.41.